The number of fused-ring (bicyclic) bond motifs is 1. The monoisotopic (exact) mass is 336 g/mol. The van der Waals surface area contributed by atoms with Gasteiger partial charge >= 0.3 is 0 Å². The fourth-order valence-electron chi connectivity index (χ4n) is 2.22. The van der Waals surface area contributed by atoms with Crippen molar-refractivity contribution in [3.8, 4) is 5.75 Å². The van der Waals surface area contributed by atoms with Crippen molar-refractivity contribution < 1.29 is 13.5 Å². The Morgan fingerprint density at radius 3 is 2.52 bits per heavy atom. The highest BCUT2D eigenvalue weighted by molar-refractivity contribution is 6.28. The Balaban J connectivity index is 2.16. The zero-order valence-corrected chi connectivity index (χ0v) is 13.0. The van der Waals surface area contributed by atoms with Crippen LogP contribution in [0.1, 0.15) is 0 Å². The van der Waals surface area contributed by atoms with Crippen LogP contribution in [0.3, 0.4) is 0 Å². The van der Waals surface area contributed by atoms with E-state index < -0.39 is 17.4 Å². The maximum absolute atomic E-state index is 13.9. The molecule has 0 saturated carbocycles. The number of nitrogens with zero attached hydrogens (tertiary/aromatic N) is 4. The summed E-state index contributed by atoms with van der Waals surface area (Å²) in [6.45, 7) is 0. The van der Waals surface area contributed by atoms with Gasteiger partial charge in [-0.1, -0.05) is 0 Å². The molecule has 0 aliphatic heterocycles. The number of ether oxygens (including phenoxy) is 1. The van der Waals surface area contributed by atoms with Gasteiger partial charge in [-0.2, -0.15) is 4.98 Å². The van der Waals surface area contributed by atoms with Crippen LogP contribution in [0.15, 0.2) is 30.5 Å². The molecule has 0 amide bonds. The molecule has 1 aromatic carbocycles. The molecule has 23 heavy (non-hydrogen) atoms. The molecule has 0 atom stereocenters. The minimum Gasteiger partial charge on any atom is -0.491 e. The number of hydrogen-bond donors (Lipinski definition) is 0. The maximum Gasteiger partial charge on any atom is 0.225 e. The Bertz CT molecular complexity index is 867. The summed E-state index contributed by atoms with van der Waals surface area (Å²) in [5.41, 5.74) is 1.24. The molecule has 0 radical (unpaired) electrons. The lowest BCUT2D eigenvalue weighted by atomic mass is 10.2. The largest absolute Gasteiger partial charge is 0.491 e. The first kappa shape index (κ1) is 15.4. The van der Waals surface area contributed by atoms with Crippen molar-refractivity contribution in [1.82, 2.24) is 15.0 Å². The van der Waals surface area contributed by atoms with Crippen molar-refractivity contribution in [1.29, 1.82) is 0 Å². The molecule has 0 N–H and O–H groups in total. The highest BCUT2D eigenvalue weighted by atomic mass is 35.5. The van der Waals surface area contributed by atoms with Gasteiger partial charge in [0, 0.05) is 31.1 Å². The lowest BCUT2D eigenvalue weighted by molar-refractivity contribution is 0.360. The number of rotatable bonds is 3. The molecular weight excluding hydrogens is 326 g/mol. The van der Waals surface area contributed by atoms with Crippen molar-refractivity contribution in [2.75, 3.05) is 19.1 Å². The van der Waals surface area contributed by atoms with Crippen LogP contribution >= 0.6 is 11.6 Å². The van der Waals surface area contributed by atoms with Gasteiger partial charge in [-0.25, -0.2) is 13.8 Å². The van der Waals surface area contributed by atoms with Gasteiger partial charge in [0.25, 0.3) is 0 Å². The Hall–Kier alpha value is -2.54. The fourth-order valence-corrected chi connectivity index (χ4v) is 2.39. The third-order valence-corrected chi connectivity index (χ3v) is 3.47. The molecule has 8 heteroatoms. The number of halogens is 3. The molecule has 118 valence electrons. The predicted octanol–water partition coefficient (Wildman–Crippen LogP) is 3.73. The van der Waals surface area contributed by atoms with Crippen molar-refractivity contribution in [2.45, 2.75) is 0 Å². The highest BCUT2D eigenvalue weighted by Gasteiger charge is 2.18. The second-order valence-electron chi connectivity index (χ2n) is 4.69. The Morgan fingerprint density at radius 2 is 1.87 bits per heavy atom. The van der Waals surface area contributed by atoms with Crippen LogP contribution in [0.4, 0.5) is 20.3 Å². The molecule has 0 aliphatic carbocycles. The van der Waals surface area contributed by atoms with Gasteiger partial charge in [-0.15, -0.1) is 0 Å². The highest BCUT2D eigenvalue weighted by Crippen LogP contribution is 2.32. The topological polar surface area (TPSA) is 51.1 Å². The van der Waals surface area contributed by atoms with Crippen LogP contribution in [0.5, 0.6) is 5.75 Å². The second-order valence-corrected chi connectivity index (χ2v) is 5.03. The van der Waals surface area contributed by atoms with E-state index in [0.717, 1.165) is 12.1 Å². The fraction of sp³-hybridized carbons (Fsp3) is 0.133. The van der Waals surface area contributed by atoms with E-state index in [2.05, 4.69) is 19.7 Å². The van der Waals surface area contributed by atoms with Crippen molar-refractivity contribution >= 4 is 34.1 Å². The molecule has 5 nitrogen and oxygen atoms in total. The van der Waals surface area contributed by atoms with Gasteiger partial charge in [-0.05, 0) is 23.7 Å². The van der Waals surface area contributed by atoms with Gasteiger partial charge in [0.2, 0.25) is 5.28 Å². The number of methoxy groups -OCH3 is 1. The van der Waals surface area contributed by atoms with Crippen molar-refractivity contribution in [3.63, 3.8) is 0 Å². The van der Waals surface area contributed by atoms with Crippen LogP contribution in [-0.4, -0.2) is 29.1 Å². The first-order chi connectivity index (χ1) is 11.0. The van der Waals surface area contributed by atoms with Crippen molar-refractivity contribution in [3.05, 3.63) is 47.4 Å². The normalized spacial score (nSPS) is 10.8. The minimum absolute atomic E-state index is 0.0156. The van der Waals surface area contributed by atoms with E-state index in [-0.39, 0.29) is 11.0 Å². The van der Waals surface area contributed by atoms with E-state index >= 15 is 0 Å². The number of benzene rings is 1. The summed E-state index contributed by atoms with van der Waals surface area (Å²) >= 11 is 5.92. The summed E-state index contributed by atoms with van der Waals surface area (Å²) in [5, 5.41) is 0.0156. The zero-order chi connectivity index (χ0) is 16.6. The summed E-state index contributed by atoms with van der Waals surface area (Å²) in [4.78, 5) is 13.9. The van der Waals surface area contributed by atoms with Crippen LogP contribution < -0.4 is 9.64 Å². The van der Waals surface area contributed by atoms with E-state index in [9.17, 15) is 8.78 Å². The van der Waals surface area contributed by atoms with E-state index in [1.165, 1.54) is 12.0 Å². The van der Waals surface area contributed by atoms with Crippen LogP contribution in [-0.2, 0) is 0 Å². The van der Waals surface area contributed by atoms with Gasteiger partial charge < -0.3 is 9.64 Å². The molecule has 0 bridgehead atoms. The molecule has 2 aromatic heterocycles. The van der Waals surface area contributed by atoms with E-state index in [4.69, 9.17) is 11.6 Å². The van der Waals surface area contributed by atoms with Gasteiger partial charge in [0.1, 0.15) is 5.52 Å². The van der Waals surface area contributed by atoms with Gasteiger partial charge in [-0.3, -0.25) is 4.98 Å². The van der Waals surface area contributed by atoms with Crippen LogP contribution in [0.2, 0.25) is 5.28 Å². The summed E-state index contributed by atoms with van der Waals surface area (Å²) in [6, 6.07) is 5.73. The first-order valence-corrected chi connectivity index (χ1v) is 6.94. The van der Waals surface area contributed by atoms with Crippen LogP contribution in [0, 0.1) is 11.6 Å². The molecule has 0 spiro atoms. The van der Waals surface area contributed by atoms with Gasteiger partial charge in [0.05, 0.1) is 12.6 Å². The minimum atomic E-state index is -0.813. The molecule has 3 rings (SSSR count). The quantitative estimate of drug-likeness (QED) is 0.682. The summed E-state index contributed by atoms with van der Waals surface area (Å²) < 4.78 is 32.5. The average Bonchev–Trinajstić information content (AvgIpc) is 2.53. The number of aromatic nitrogens is 3. The average molecular weight is 337 g/mol. The SMILES string of the molecule is COc1c(F)cc(N(C)c2nc(Cl)nc3cccnc23)cc1F. The number of pyridine rings is 1. The van der Waals surface area contributed by atoms with E-state index in [0.29, 0.717) is 16.9 Å². The third kappa shape index (κ3) is 2.75. The van der Waals surface area contributed by atoms with E-state index in [1.807, 2.05) is 0 Å². The number of anilines is 2. The molecule has 2 heterocycles. The van der Waals surface area contributed by atoms with Crippen molar-refractivity contribution in [2.24, 2.45) is 0 Å². The Labute approximate surface area is 135 Å². The lowest BCUT2D eigenvalue weighted by Crippen LogP contribution is -2.14. The molecule has 0 saturated heterocycles. The smallest absolute Gasteiger partial charge is 0.225 e. The van der Waals surface area contributed by atoms with Crippen LogP contribution in [0.25, 0.3) is 11.0 Å². The first-order valence-electron chi connectivity index (χ1n) is 6.56. The third-order valence-electron chi connectivity index (χ3n) is 3.30. The molecular formula is C15H11ClF2N4O. The molecule has 3 aromatic rings. The Kier molecular flexibility index (Phi) is 3.96. The predicted molar refractivity (Wildman–Crippen MR) is 83.3 cm³/mol. The molecule has 0 aliphatic rings. The summed E-state index contributed by atoms with van der Waals surface area (Å²) in [7, 11) is 2.81. The lowest BCUT2D eigenvalue weighted by Gasteiger charge is -2.20. The summed E-state index contributed by atoms with van der Waals surface area (Å²) in [6.07, 6.45) is 1.58. The van der Waals surface area contributed by atoms with E-state index in [1.54, 1.807) is 25.4 Å². The number of hydrogen-bond acceptors (Lipinski definition) is 5. The summed E-state index contributed by atoms with van der Waals surface area (Å²) in [5.74, 6) is -1.73. The standard InChI is InChI=1S/C15H11ClF2N4O/c1-22(8-6-9(17)13(23-2)10(18)7-8)14-12-11(4-3-5-19-12)20-15(16)21-14/h3-7H,1-2H3. The zero-order valence-electron chi connectivity index (χ0n) is 12.2. The second kappa shape index (κ2) is 5.92. The van der Waals surface area contributed by atoms with Gasteiger partial charge in [0.15, 0.2) is 23.2 Å². The Morgan fingerprint density at radius 1 is 1.17 bits per heavy atom. The molecule has 0 fully saturated rings. The maximum atomic E-state index is 13.9. The molecule has 0 unspecified atom stereocenters.